The second kappa shape index (κ2) is 6.34. The van der Waals surface area contributed by atoms with Gasteiger partial charge in [0, 0.05) is 26.0 Å². The van der Waals surface area contributed by atoms with Crippen molar-refractivity contribution in [3.63, 3.8) is 0 Å². The highest BCUT2D eigenvalue weighted by molar-refractivity contribution is 7.18. The topological polar surface area (TPSA) is 53.9 Å². The van der Waals surface area contributed by atoms with Gasteiger partial charge in [0.05, 0.1) is 6.20 Å². The van der Waals surface area contributed by atoms with Crippen molar-refractivity contribution in [3.8, 4) is 10.7 Å². The van der Waals surface area contributed by atoms with E-state index in [4.69, 9.17) is 0 Å². The number of nitrogens with zero attached hydrogens (tertiary/aromatic N) is 4. The molecule has 0 aliphatic carbocycles. The lowest BCUT2D eigenvalue weighted by Gasteiger charge is -2.08. The second-order valence-corrected chi connectivity index (χ2v) is 6.67. The summed E-state index contributed by atoms with van der Waals surface area (Å²) in [6.45, 7) is 4.15. The molecule has 0 spiro atoms. The molecule has 0 aliphatic rings. The Balaban J connectivity index is 1.87. The quantitative estimate of drug-likeness (QED) is 0.785. The van der Waals surface area contributed by atoms with Gasteiger partial charge in [-0.25, -0.2) is 15.0 Å². The van der Waals surface area contributed by atoms with Gasteiger partial charge in [0.2, 0.25) is 5.95 Å². The number of aromatic nitrogens is 3. The van der Waals surface area contributed by atoms with Crippen LogP contribution in [-0.4, -0.2) is 29.0 Å². The van der Waals surface area contributed by atoms with E-state index in [1.54, 1.807) is 17.5 Å². The number of hydrogen-bond donors (Lipinski definition) is 1. The van der Waals surface area contributed by atoms with Gasteiger partial charge in [0.1, 0.15) is 15.7 Å². The molecule has 0 radical (unpaired) electrons. The van der Waals surface area contributed by atoms with Crippen molar-refractivity contribution in [2.75, 3.05) is 24.3 Å². The summed E-state index contributed by atoms with van der Waals surface area (Å²) in [5.74, 6) is 0.578. The van der Waals surface area contributed by atoms with Gasteiger partial charge in [-0.15, -0.1) is 0 Å². The molecule has 23 heavy (non-hydrogen) atoms. The standard InChI is InChI=1S/C17H19N5S/c1-11-7-12(2)9-13(8-11)20-17-18-6-5-14(21-17)16-19-10-15(23-16)22(3)4/h5-10H,1-4H3,(H,18,20,21). The maximum absolute atomic E-state index is 4.58. The molecular weight excluding hydrogens is 306 g/mol. The van der Waals surface area contributed by atoms with E-state index in [1.165, 1.54) is 11.1 Å². The molecule has 6 heteroatoms. The number of thiazole rings is 1. The predicted molar refractivity (Wildman–Crippen MR) is 96.7 cm³/mol. The van der Waals surface area contributed by atoms with E-state index in [1.807, 2.05) is 31.3 Å². The highest BCUT2D eigenvalue weighted by atomic mass is 32.1. The first-order chi connectivity index (χ1) is 11.0. The Morgan fingerprint density at radius 1 is 1.04 bits per heavy atom. The molecule has 0 amide bonds. The molecular formula is C17H19N5S. The van der Waals surface area contributed by atoms with Crippen LogP contribution in [0.1, 0.15) is 11.1 Å². The smallest absolute Gasteiger partial charge is 0.227 e. The maximum Gasteiger partial charge on any atom is 0.227 e. The van der Waals surface area contributed by atoms with Crippen molar-refractivity contribution in [2.45, 2.75) is 13.8 Å². The molecule has 3 aromatic rings. The van der Waals surface area contributed by atoms with Gasteiger partial charge in [-0.05, 0) is 43.2 Å². The molecule has 0 fully saturated rings. The van der Waals surface area contributed by atoms with Crippen molar-refractivity contribution in [3.05, 3.63) is 47.8 Å². The van der Waals surface area contributed by atoms with Crippen molar-refractivity contribution in [1.29, 1.82) is 0 Å². The Hall–Kier alpha value is -2.47. The van der Waals surface area contributed by atoms with Crippen molar-refractivity contribution < 1.29 is 0 Å². The molecule has 1 aromatic carbocycles. The fourth-order valence-electron chi connectivity index (χ4n) is 2.30. The largest absolute Gasteiger partial charge is 0.368 e. The number of anilines is 3. The molecule has 0 saturated heterocycles. The van der Waals surface area contributed by atoms with Crippen LogP contribution in [0.5, 0.6) is 0 Å². The minimum absolute atomic E-state index is 0.578. The number of hydrogen-bond acceptors (Lipinski definition) is 6. The van der Waals surface area contributed by atoms with Crippen LogP contribution in [0.4, 0.5) is 16.6 Å². The molecule has 0 bridgehead atoms. The molecule has 0 saturated carbocycles. The fourth-order valence-corrected chi connectivity index (χ4v) is 3.11. The average Bonchev–Trinajstić information content (AvgIpc) is 2.96. The molecule has 1 N–H and O–H groups in total. The van der Waals surface area contributed by atoms with Crippen LogP contribution in [0.2, 0.25) is 0 Å². The summed E-state index contributed by atoms with van der Waals surface area (Å²) in [4.78, 5) is 15.4. The summed E-state index contributed by atoms with van der Waals surface area (Å²) in [7, 11) is 4.01. The van der Waals surface area contributed by atoms with E-state index in [9.17, 15) is 0 Å². The third kappa shape index (κ3) is 3.65. The minimum Gasteiger partial charge on any atom is -0.368 e. The van der Waals surface area contributed by atoms with Gasteiger partial charge in [0.15, 0.2) is 0 Å². The van der Waals surface area contributed by atoms with Gasteiger partial charge >= 0.3 is 0 Å². The Labute approximate surface area is 140 Å². The van der Waals surface area contributed by atoms with E-state index in [2.05, 4.69) is 52.3 Å². The summed E-state index contributed by atoms with van der Waals surface area (Å²) >= 11 is 1.61. The number of nitrogens with one attached hydrogen (secondary N) is 1. The predicted octanol–water partition coefficient (Wildman–Crippen LogP) is 4.03. The molecule has 2 heterocycles. The van der Waals surface area contributed by atoms with Gasteiger partial charge in [-0.3, -0.25) is 0 Å². The Morgan fingerprint density at radius 3 is 2.43 bits per heavy atom. The van der Waals surface area contributed by atoms with Crippen molar-refractivity contribution in [1.82, 2.24) is 15.0 Å². The summed E-state index contributed by atoms with van der Waals surface area (Å²) in [6, 6.07) is 8.18. The first-order valence-corrected chi connectivity index (χ1v) is 8.15. The maximum atomic E-state index is 4.58. The van der Waals surface area contributed by atoms with Crippen LogP contribution in [0.3, 0.4) is 0 Å². The highest BCUT2D eigenvalue weighted by Gasteiger charge is 2.09. The van der Waals surface area contributed by atoms with Gasteiger partial charge in [0.25, 0.3) is 0 Å². The highest BCUT2D eigenvalue weighted by Crippen LogP contribution is 2.29. The van der Waals surface area contributed by atoms with E-state index < -0.39 is 0 Å². The van der Waals surface area contributed by atoms with Gasteiger partial charge < -0.3 is 10.2 Å². The average molecular weight is 325 g/mol. The van der Waals surface area contributed by atoms with Crippen LogP contribution < -0.4 is 10.2 Å². The van der Waals surface area contributed by atoms with Crippen molar-refractivity contribution >= 4 is 28.0 Å². The Morgan fingerprint density at radius 2 is 1.78 bits per heavy atom. The monoisotopic (exact) mass is 325 g/mol. The zero-order valence-corrected chi connectivity index (χ0v) is 14.5. The zero-order valence-electron chi connectivity index (χ0n) is 13.7. The normalized spacial score (nSPS) is 10.6. The van der Waals surface area contributed by atoms with Gasteiger partial charge in [-0.2, -0.15) is 0 Å². The summed E-state index contributed by atoms with van der Waals surface area (Å²) in [5.41, 5.74) is 4.23. The van der Waals surface area contributed by atoms with E-state index in [-0.39, 0.29) is 0 Å². The van der Waals surface area contributed by atoms with Crippen LogP contribution in [0, 0.1) is 13.8 Å². The van der Waals surface area contributed by atoms with Gasteiger partial charge in [-0.1, -0.05) is 17.4 Å². The minimum atomic E-state index is 0.578. The molecule has 0 aliphatic heterocycles. The van der Waals surface area contributed by atoms with E-state index in [0.29, 0.717) is 5.95 Å². The molecule has 0 atom stereocenters. The van der Waals surface area contributed by atoms with E-state index in [0.717, 1.165) is 21.4 Å². The Kier molecular flexibility index (Phi) is 4.25. The van der Waals surface area contributed by atoms with Crippen LogP contribution in [-0.2, 0) is 0 Å². The second-order valence-electron chi connectivity index (χ2n) is 5.66. The molecule has 5 nitrogen and oxygen atoms in total. The number of benzene rings is 1. The molecule has 0 unspecified atom stereocenters. The lowest BCUT2D eigenvalue weighted by molar-refractivity contribution is 1.14. The number of aryl methyl sites for hydroxylation is 2. The van der Waals surface area contributed by atoms with Crippen LogP contribution in [0.25, 0.3) is 10.7 Å². The first kappa shape index (κ1) is 15.4. The first-order valence-electron chi connectivity index (χ1n) is 7.33. The van der Waals surface area contributed by atoms with Crippen molar-refractivity contribution in [2.24, 2.45) is 0 Å². The fraction of sp³-hybridized carbons (Fsp3) is 0.235. The molecule has 2 aromatic heterocycles. The van der Waals surface area contributed by atoms with E-state index >= 15 is 0 Å². The summed E-state index contributed by atoms with van der Waals surface area (Å²) < 4.78 is 0. The Bertz CT molecular complexity index is 805. The zero-order chi connectivity index (χ0) is 16.4. The van der Waals surface area contributed by atoms with Crippen LogP contribution in [0.15, 0.2) is 36.7 Å². The third-order valence-electron chi connectivity index (χ3n) is 3.29. The number of rotatable bonds is 4. The summed E-state index contributed by atoms with van der Waals surface area (Å²) in [6.07, 6.45) is 3.61. The lowest BCUT2D eigenvalue weighted by atomic mass is 10.1. The summed E-state index contributed by atoms with van der Waals surface area (Å²) in [5, 5.41) is 5.26. The third-order valence-corrected chi connectivity index (χ3v) is 4.47. The molecule has 118 valence electrons. The SMILES string of the molecule is Cc1cc(C)cc(Nc2nccc(-c3ncc(N(C)C)s3)n2)c1. The molecule has 3 rings (SSSR count). The van der Waals surface area contributed by atoms with Crippen LogP contribution >= 0.6 is 11.3 Å². The lowest BCUT2D eigenvalue weighted by Crippen LogP contribution is -2.05.